The van der Waals surface area contributed by atoms with E-state index in [-0.39, 0.29) is 29.7 Å². The number of hydrogen-bond acceptors (Lipinski definition) is 3. The Balaban J connectivity index is 1.17. The van der Waals surface area contributed by atoms with Crippen LogP contribution in [0.3, 0.4) is 0 Å². The first-order valence-electron chi connectivity index (χ1n) is 20.9. The molecule has 0 heterocycles. The van der Waals surface area contributed by atoms with Crippen molar-refractivity contribution in [3.63, 3.8) is 0 Å². The van der Waals surface area contributed by atoms with Crippen molar-refractivity contribution in [2.75, 3.05) is 11.5 Å². The van der Waals surface area contributed by atoms with Crippen molar-refractivity contribution in [1.82, 2.24) is 0 Å². The molecule has 0 N–H and O–H groups in total. The van der Waals surface area contributed by atoms with Crippen molar-refractivity contribution >= 4 is 16.8 Å². The molecular formula is C43H67F5O3S. The molecule has 0 bridgehead atoms. The molecule has 0 radical (unpaired) electrons. The Labute approximate surface area is 313 Å². The monoisotopic (exact) mass is 758 g/mol. The van der Waals surface area contributed by atoms with Crippen LogP contribution >= 0.6 is 0 Å². The summed E-state index contributed by atoms with van der Waals surface area (Å²) < 4.78 is 81.4. The van der Waals surface area contributed by atoms with Crippen LogP contribution < -0.4 is 0 Å². The van der Waals surface area contributed by atoms with E-state index in [9.17, 15) is 31.0 Å². The van der Waals surface area contributed by atoms with Crippen LogP contribution in [-0.4, -0.2) is 39.9 Å². The van der Waals surface area contributed by atoms with Crippen molar-refractivity contribution in [2.45, 2.75) is 192 Å². The Morgan fingerprint density at radius 1 is 0.808 bits per heavy atom. The number of carbonyl (C=O) groups is 1. The van der Waals surface area contributed by atoms with Gasteiger partial charge < -0.3 is 4.74 Å². The molecule has 0 amide bonds. The van der Waals surface area contributed by atoms with Crippen LogP contribution in [0.15, 0.2) is 24.3 Å². The lowest BCUT2D eigenvalue weighted by atomic mass is 9.52. The second-order valence-electron chi connectivity index (χ2n) is 16.7. The Morgan fingerprint density at radius 2 is 1.42 bits per heavy atom. The van der Waals surface area contributed by atoms with Gasteiger partial charge in [0.25, 0.3) is 0 Å². The average Bonchev–Trinajstić information content (AvgIpc) is 3.43. The van der Waals surface area contributed by atoms with Crippen LogP contribution in [0.25, 0.3) is 0 Å². The van der Waals surface area contributed by atoms with Crippen LogP contribution in [0, 0.1) is 23.2 Å². The summed E-state index contributed by atoms with van der Waals surface area (Å²) in [6, 6.07) is 9.08. The summed E-state index contributed by atoms with van der Waals surface area (Å²) in [4.78, 5) is 13.0. The number of esters is 1. The van der Waals surface area contributed by atoms with E-state index in [0.29, 0.717) is 42.3 Å². The molecule has 3 aliphatic carbocycles. The smallest absolute Gasteiger partial charge is 0.453 e. The van der Waals surface area contributed by atoms with Gasteiger partial charge in [0.05, 0.1) is 0 Å². The minimum Gasteiger partial charge on any atom is -0.462 e. The summed E-state index contributed by atoms with van der Waals surface area (Å²) in [5, 5.41) is 0. The molecule has 2 fully saturated rings. The molecule has 0 spiro atoms. The third-order valence-corrected chi connectivity index (χ3v) is 14.4. The lowest BCUT2D eigenvalue weighted by Gasteiger charge is -2.53. The van der Waals surface area contributed by atoms with Gasteiger partial charge in [-0.15, -0.1) is 0 Å². The molecule has 2 saturated carbocycles. The number of rotatable bonds is 24. The fourth-order valence-electron chi connectivity index (χ4n) is 10.0. The zero-order valence-electron chi connectivity index (χ0n) is 32.1. The van der Waals surface area contributed by atoms with Gasteiger partial charge in [0.1, 0.15) is 6.10 Å². The summed E-state index contributed by atoms with van der Waals surface area (Å²) in [7, 11) is -1.35. The number of alkyl halides is 5. The standard InChI is InChI=1S/C43H67F5O3S/c1-3-4-5-6-7-10-13-16-24-39(49)51-38-26-25-37-40-34(32-33-21-17-18-23-35(33)36(40)27-29-41(37,38)2)22-15-12-9-8-11-14-19-30-52(50)31-20-28-42(44,45)43(46,47)48/h17-18,21,23,34,36-38,40H,3-16,19-20,22,24-32H2,1-2H3. The highest BCUT2D eigenvalue weighted by Crippen LogP contribution is 2.63. The first-order valence-corrected chi connectivity index (χ1v) is 22.4. The Bertz CT molecular complexity index is 1240. The number of fused-ring (bicyclic) bond motifs is 5. The maximum absolute atomic E-state index is 13.1. The van der Waals surface area contributed by atoms with E-state index in [0.717, 1.165) is 64.2 Å². The molecule has 3 aliphatic rings. The molecule has 4 rings (SSSR count). The van der Waals surface area contributed by atoms with Gasteiger partial charge in [-0.3, -0.25) is 9.00 Å². The first kappa shape index (κ1) is 43.2. The minimum absolute atomic E-state index is 0.00554. The largest absolute Gasteiger partial charge is 0.462 e. The van der Waals surface area contributed by atoms with E-state index in [2.05, 4.69) is 38.1 Å². The third-order valence-electron chi connectivity index (χ3n) is 13.0. The normalized spacial score (nSPS) is 26.4. The predicted molar refractivity (Wildman–Crippen MR) is 202 cm³/mol. The van der Waals surface area contributed by atoms with Crippen molar-refractivity contribution in [3.8, 4) is 0 Å². The lowest BCUT2D eigenvalue weighted by molar-refractivity contribution is -0.284. The summed E-state index contributed by atoms with van der Waals surface area (Å²) in [6.45, 7) is 4.67. The number of ether oxygens (including phenoxy) is 1. The van der Waals surface area contributed by atoms with Gasteiger partial charge in [-0.25, -0.2) is 0 Å². The summed E-state index contributed by atoms with van der Waals surface area (Å²) in [5.41, 5.74) is 3.13. The molecule has 0 aromatic heterocycles. The first-order chi connectivity index (χ1) is 24.9. The van der Waals surface area contributed by atoms with Gasteiger partial charge in [0, 0.05) is 40.6 Å². The van der Waals surface area contributed by atoms with Crippen molar-refractivity contribution in [3.05, 3.63) is 35.4 Å². The predicted octanol–water partition coefficient (Wildman–Crippen LogP) is 13.1. The SMILES string of the molecule is CCCCCCCCCCC(=O)OC1CCC2C3C(CCCCCCCCCS(=O)CCCC(F)(F)C(F)(F)F)Cc4ccccc4C3CCC12C. The van der Waals surface area contributed by atoms with E-state index < -0.39 is 29.3 Å². The van der Waals surface area contributed by atoms with Crippen LogP contribution in [-0.2, 0) is 26.8 Å². The highest BCUT2D eigenvalue weighted by molar-refractivity contribution is 7.84. The zero-order valence-corrected chi connectivity index (χ0v) is 32.9. The summed E-state index contributed by atoms with van der Waals surface area (Å²) >= 11 is 0. The minimum atomic E-state index is -5.54. The molecule has 9 heteroatoms. The maximum atomic E-state index is 13.1. The van der Waals surface area contributed by atoms with Gasteiger partial charge in [0.2, 0.25) is 0 Å². The van der Waals surface area contributed by atoms with E-state index in [1.807, 2.05) is 0 Å². The second kappa shape index (κ2) is 21.0. The molecule has 298 valence electrons. The summed E-state index contributed by atoms with van der Waals surface area (Å²) in [6.07, 6.45) is 17.1. The van der Waals surface area contributed by atoms with Gasteiger partial charge in [-0.1, -0.05) is 122 Å². The summed E-state index contributed by atoms with van der Waals surface area (Å²) in [5.74, 6) is -2.00. The number of benzene rings is 1. The molecule has 52 heavy (non-hydrogen) atoms. The van der Waals surface area contributed by atoms with Crippen molar-refractivity contribution in [1.29, 1.82) is 0 Å². The van der Waals surface area contributed by atoms with Crippen LogP contribution in [0.5, 0.6) is 0 Å². The zero-order chi connectivity index (χ0) is 37.6. The van der Waals surface area contributed by atoms with Crippen molar-refractivity contribution < 1.29 is 35.7 Å². The van der Waals surface area contributed by atoms with E-state index >= 15 is 0 Å². The molecule has 0 aliphatic heterocycles. The lowest BCUT2D eigenvalue weighted by Crippen LogP contribution is -2.48. The van der Waals surface area contributed by atoms with Gasteiger partial charge in [0.15, 0.2) is 0 Å². The number of carbonyl (C=O) groups excluding carboxylic acids is 1. The van der Waals surface area contributed by atoms with E-state index in [4.69, 9.17) is 4.74 Å². The Hall–Kier alpha value is -1.51. The molecule has 7 atom stereocenters. The number of hydrogen-bond donors (Lipinski definition) is 0. The van der Waals surface area contributed by atoms with Gasteiger partial charge in [-0.2, -0.15) is 22.0 Å². The fraction of sp³-hybridized carbons (Fsp3) is 0.837. The second-order valence-corrected chi connectivity index (χ2v) is 18.4. The highest BCUT2D eigenvalue weighted by Gasteiger charge is 2.58. The van der Waals surface area contributed by atoms with E-state index in [1.54, 1.807) is 5.56 Å². The number of unbranched alkanes of at least 4 members (excludes halogenated alkanes) is 13. The quantitative estimate of drug-likeness (QED) is 0.0599. The van der Waals surface area contributed by atoms with Crippen LogP contribution in [0.4, 0.5) is 22.0 Å². The Kier molecular flexibility index (Phi) is 17.4. The van der Waals surface area contributed by atoms with E-state index in [1.165, 1.54) is 69.8 Å². The number of halogens is 5. The average molecular weight is 759 g/mol. The molecule has 1 aromatic rings. The topological polar surface area (TPSA) is 43.4 Å². The Morgan fingerprint density at radius 3 is 2.12 bits per heavy atom. The van der Waals surface area contributed by atoms with Gasteiger partial charge in [-0.05, 0) is 92.6 Å². The van der Waals surface area contributed by atoms with Crippen LogP contribution in [0.2, 0.25) is 0 Å². The molecule has 0 saturated heterocycles. The van der Waals surface area contributed by atoms with Gasteiger partial charge >= 0.3 is 18.1 Å². The van der Waals surface area contributed by atoms with Crippen LogP contribution in [0.1, 0.15) is 179 Å². The molecular weight excluding hydrogens is 692 g/mol. The highest BCUT2D eigenvalue weighted by atomic mass is 32.2. The maximum Gasteiger partial charge on any atom is 0.453 e. The molecule has 3 nitrogen and oxygen atoms in total. The molecule has 1 aromatic carbocycles. The fourth-order valence-corrected chi connectivity index (χ4v) is 11.2. The third kappa shape index (κ3) is 12.2. The van der Waals surface area contributed by atoms with Crippen molar-refractivity contribution in [2.24, 2.45) is 23.2 Å². The molecule has 7 unspecified atom stereocenters.